The number of rotatable bonds is 4. The molecule has 0 saturated carbocycles. The standard InChI is InChI=1S/C26H19BrN2O5/c1-15-6-5-8-17(12-15)25(32)34-22-11-10-19(27)13-18(22)14-20-23(30)28-26(33)29(24(20)31)21-9-4-3-7-16(21)2/h3-14H,1-2H3,(H,28,30,33)/b20-14-. The average molecular weight is 519 g/mol. The fraction of sp³-hybridized carbons (Fsp3) is 0.0769. The van der Waals surface area contributed by atoms with Gasteiger partial charge in [-0.1, -0.05) is 51.8 Å². The molecule has 1 fully saturated rings. The van der Waals surface area contributed by atoms with Crippen LogP contribution < -0.4 is 15.0 Å². The Morgan fingerprint density at radius 3 is 2.47 bits per heavy atom. The molecular weight excluding hydrogens is 500 g/mol. The zero-order valence-electron chi connectivity index (χ0n) is 18.3. The minimum Gasteiger partial charge on any atom is -0.422 e. The number of imide groups is 2. The van der Waals surface area contributed by atoms with E-state index in [4.69, 9.17) is 4.74 Å². The van der Waals surface area contributed by atoms with Gasteiger partial charge in [0.05, 0.1) is 11.3 Å². The molecule has 0 unspecified atom stereocenters. The third-order valence-electron chi connectivity index (χ3n) is 5.19. The predicted octanol–water partition coefficient (Wildman–Crippen LogP) is 4.95. The molecule has 8 heteroatoms. The van der Waals surface area contributed by atoms with Crippen LogP contribution in [-0.4, -0.2) is 23.8 Å². The van der Waals surface area contributed by atoms with Crippen LogP contribution in [0.1, 0.15) is 27.0 Å². The summed E-state index contributed by atoms with van der Waals surface area (Å²) in [5.41, 5.74) is 2.36. The van der Waals surface area contributed by atoms with Crippen LogP contribution in [0.25, 0.3) is 6.08 Å². The Bertz CT molecular complexity index is 1380. The first-order valence-electron chi connectivity index (χ1n) is 10.3. The van der Waals surface area contributed by atoms with Crippen LogP contribution in [-0.2, 0) is 9.59 Å². The van der Waals surface area contributed by atoms with E-state index in [1.165, 1.54) is 6.08 Å². The number of carbonyl (C=O) groups excluding carboxylic acids is 4. The van der Waals surface area contributed by atoms with E-state index in [-0.39, 0.29) is 11.3 Å². The summed E-state index contributed by atoms with van der Waals surface area (Å²) in [4.78, 5) is 51.9. The number of esters is 1. The number of ether oxygens (including phenoxy) is 1. The molecule has 1 N–H and O–H groups in total. The van der Waals surface area contributed by atoms with Crippen LogP contribution in [0.2, 0.25) is 0 Å². The number of amides is 4. The number of barbiturate groups is 1. The molecule has 1 aliphatic heterocycles. The Morgan fingerprint density at radius 2 is 1.74 bits per heavy atom. The third kappa shape index (κ3) is 4.67. The molecule has 3 aromatic carbocycles. The smallest absolute Gasteiger partial charge is 0.343 e. The van der Waals surface area contributed by atoms with Crippen LogP contribution in [0.15, 0.2) is 76.8 Å². The first-order valence-corrected chi connectivity index (χ1v) is 11.1. The predicted molar refractivity (Wildman–Crippen MR) is 130 cm³/mol. The molecule has 3 aromatic rings. The summed E-state index contributed by atoms with van der Waals surface area (Å²) in [7, 11) is 0. The van der Waals surface area contributed by atoms with Crippen molar-refractivity contribution in [2.24, 2.45) is 0 Å². The molecule has 0 bridgehead atoms. The number of anilines is 1. The van der Waals surface area contributed by atoms with Gasteiger partial charge in [0.2, 0.25) is 0 Å². The molecule has 170 valence electrons. The Kier molecular flexibility index (Phi) is 6.43. The SMILES string of the molecule is Cc1cccc(C(=O)Oc2ccc(Br)cc2/C=C2/C(=O)NC(=O)N(c3ccccc3C)C2=O)c1. The van der Waals surface area contributed by atoms with Gasteiger partial charge >= 0.3 is 12.0 Å². The normalized spacial score (nSPS) is 14.9. The molecule has 0 aromatic heterocycles. The Hall–Kier alpha value is -4.04. The summed E-state index contributed by atoms with van der Waals surface area (Å²) in [5.74, 6) is -2.04. The topological polar surface area (TPSA) is 92.8 Å². The van der Waals surface area contributed by atoms with Crippen LogP contribution in [0, 0.1) is 13.8 Å². The lowest BCUT2D eigenvalue weighted by molar-refractivity contribution is -0.122. The summed E-state index contributed by atoms with van der Waals surface area (Å²) >= 11 is 3.36. The van der Waals surface area contributed by atoms with Crippen molar-refractivity contribution in [1.82, 2.24) is 5.32 Å². The Morgan fingerprint density at radius 1 is 0.971 bits per heavy atom. The lowest BCUT2D eigenvalue weighted by Crippen LogP contribution is -2.54. The van der Waals surface area contributed by atoms with Crippen molar-refractivity contribution >= 4 is 51.5 Å². The number of para-hydroxylation sites is 1. The largest absolute Gasteiger partial charge is 0.422 e. The van der Waals surface area contributed by atoms with Gasteiger partial charge in [0.15, 0.2) is 0 Å². The molecule has 0 radical (unpaired) electrons. The second-order valence-corrected chi connectivity index (χ2v) is 8.60. The van der Waals surface area contributed by atoms with E-state index in [9.17, 15) is 19.2 Å². The first-order chi connectivity index (χ1) is 16.2. The number of urea groups is 1. The number of nitrogens with zero attached hydrogens (tertiary/aromatic N) is 1. The second kappa shape index (κ2) is 9.44. The third-order valence-corrected chi connectivity index (χ3v) is 5.68. The maximum atomic E-state index is 13.2. The number of carbonyl (C=O) groups is 4. The minimum absolute atomic E-state index is 0.155. The molecular formula is C26H19BrN2O5. The van der Waals surface area contributed by atoms with Crippen molar-refractivity contribution < 1.29 is 23.9 Å². The van der Waals surface area contributed by atoms with Gasteiger partial charge in [-0.15, -0.1) is 0 Å². The van der Waals surface area contributed by atoms with E-state index in [2.05, 4.69) is 21.2 Å². The summed E-state index contributed by atoms with van der Waals surface area (Å²) in [6.07, 6.45) is 1.30. The second-order valence-electron chi connectivity index (χ2n) is 7.69. The molecule has 0 spiro atoms. The zero-order valence-corrected chi connectivity index (χ0v) is 19.9. The van der Waals surface area contributed by atoms with Crippen molar-refractivity contribution in [3.8, 4) is 5.75 Å². The molecule has 0 atom stereocenters. The van der Waals surface area contributed by atoms with E-state index in [1.54, 1.807) is 67.6 Å². The lowest BCUT2D eigenvalue weighted by atomic mass is 10.0. The van der Waals surface area contributed by atoms with Crippen molar-refractivity contribution in [1.29, 1.82) is 0 Å². The van der Waals surface area contributed by atoms with Crippen LogP contribution >= 0.6 is 15.9 Å². The highest BCUT2D eigenvalue weighted by Gasteiger charge is 2.37. The van der Waals surface area contributed by atoms with Crippen molar-refractivity contribution in [3.63, 3.8) is 0 Å². The molecule has 1 aliphatic rings. The van der Waals surface area contributed by atoms with E-state index in [1.807, 2.05) is 13.0 Å². The molecule has 4 amide bonds. The van der Waals surface area contributed by atoms with E-state index < -0.39 is 23.8 Å². The molecule has 7 nitrogen and oxygen atoms in total. The number of aryl methyl sites for hydroxylation is 2. The van der Waals surface area contributed by atoms with Gasteiger partial charge in [-0.2, -0.15) is 0 Å². The summed E-state index contributed by atoms with van der Waals surface area (Å²) in [6, 6.07) is 17.8. The number of hydrogen-bond acceptors (Lipinski definition) is 5. The summed E-state index contributed by atoms with van der Waals surface area (Å²) in [5, 5.41) is 2.20. The first kappa shape index (κ1) is 23.1. The fourth-order valence-electron chi connectivity index (χ4n) is 3.50. The zero-order chi connectivity index (χ0) is 24.4. The maximum Gasteiger partial charge on any atom is 0.343 e. The minimum atomic E-state index is -0.837. The van der Waals surface area contributed by atoms with Crippen LogP contribution in [0.5, 0.6) is 5.75 Å². The fourth-order valence-corrected chi connectivity index (χ4v) is 3.88. The highest BCUT2D eigenvalue weighted by atomic mass is 79.9. The quantitative estimate of drug-likeness (QED) is 0.228. The number of benzene rings is 3. The Labute approximate surface area is 204 Å². The number of hydrogen-bond donors (Lipinski definition) is 1. The van der Waals surface area contributed by atoms with Gasteiger partial charge in [-0.3, -0.25) is 14.9 Å². The highest BCUT2D eigenvalue weighted by molar-refractivity contribution is 9.10. The Balaban J connectivity index is 1.73. The monoisotopic (exact) mass is 518 g/mol. The molecule has 34 heavy (non-hydrogen) atoms. The van der Waals surface area contributed by atoms with Gasteiger partial charge in [0, 0.05) is 10.0 Å². The average Bonchev–Trinajstić information content (AvgIpc) is 2.79. The van der Waals surface area contributed by atoms with Gasteiger partial charge in [-0.05, 0) is 61.9 Å². The van der Waals surface area contributed by atoms with Gasteiger partial charge in [-0.25, -0.2) is 14.5 Å². The number of halogens is 1. The van der Waals surface area contributed by atoms with Crippen LogP contribution in [0.3, 0.4) is 0 Å². The van der Waals surface area contributed by atoms with Crippen molar-refractivity contribution in [2.45, 2.75) is 13.8 Å². The van der Waals surface area contributed by atoms with Crippen molar-refractivity contribution in [2.75, 3.05) is 4.90 Å². The molecule has 0 aliphatic carbocycles. The summed E-state index contributed by atoms with van der Waals surface area (Å²) in [6.45, 7) is 3.62. The van der Waals surface area contributed by atoms with Gasteiger partial charge < -0.3 is 4.74 Å². The molecule has 4 rings (SSSR count). The highest BCUT2D eigenvalue weighted by Crippen LogP contribution is 2.29. The molecule has 1 saturated heterocycles. The van der Waals surface area contributed by atoms with E-state index in [0.717, 1.165) is 10.5 Å². The lowest BCUT2D eigenvalue weighted by Gasteiger charge is -2.27. The van der Waals surface area contributed by atoms with Gasteiger partial charge in [0.1, 0.15) is 11.3 Å². The molecule has 1 heterocycles. The van der Waals surface area contributed by atoms with E-state index >= 15 is 0 Å². The summed E-state index contributed by atoms with van der Waals surface area (Å²) < 4.78 is 6.22. The van der Waals surface area contributed by atoms with Gasteiger partial charge in [0.25, 0.3) is 11.8 Å². The van der Waals surface area contributed by atoms with Crippen LogP contribution in [0.4, 0.5) is 10.5 Å². The maximum absolute atomic E-state index is 13.2. The van der Waals surface area contributed by atoms with Crippen molar-refractivity contribution in [3.05, 3.63) is 99.0 Å². The van der Waals surface area contributed by atoms with E-state index in [0.29, 0.717) is 26.9 Å². The number of nitrogens with one attached hydrogen (secondary N) is 1.